The van der Waals surface area contributed by atoms with Crippen molar-refractivity contribution >= 4 is 5.91 Å². The van der Waals surface area contributed by atoms with Gasteiger partial charge in [-0.1, -0.05) is 0 Å². The smallest absolute Gasteiger partial charge is 0.254 e. The van der Waals surface area contributed by atoms with Crippen LogP contribution in [0.2, 0.25) is 0 Å². The van der Waals surface area contributed by atoms with Crippen LogP contribution in [0.1, 0.15) is 23.2 Å². The van der Waals surface area contributed by atoms with Gasteiger partial charge in [-0.25, -0.2) is 0 Å². The molecular weight excluding hydrogens is 230 g/mol. The van der Waals surface area contributed by atoms with Gasteiger partial charge < -0.3 is 15.2 Å². The van der Waals surface area contributed by atoms with Gasteiger partial charge in [0.1, 0.15) is 0 Å². The quantitative estimate of drug-likeness (QED) is 0.745. The van der Waals surface area contributed by atoms with Gasteiger partial charge >= 0.3 is 0 Å². The number of aromatic amines is 1. The number of likely N-dealkylation sites (tertiary alicyclic amines) is 1. The third-order valence-electron chi connectivity index (χ3n) is 3.96. The van der Waals surface area contributed by atoms with Crippen molar-refractivity contribution in [2.24, 2.45) is 5.92 Å². The minimum Gasteiger partial charge on any atom is -0.334 e. The summed E-state index contributed by atoms with van der Waals surface area (Å²) in [5.74, 6) is 0.559. The molecule has 1 aromatic heterocycles. The number of hydrogen-bond acceptors (Lipinski definition) is 3. The summed E-state index contributed by atoms with van der Waals surface area (Å²) >= 11 is 0. The number of carbonyl (C=O) groups is 1. The molecule has 2 N–H and O–H groups in total. The van der Waals surface area contributed by atoms with Crippen molar-refractivity contribution in [2.75, 3.05) is 19.6 Å². The Bertz CT molecular complexity index is 511. The van der Waals surface area contributed by atoms with E-state index in [0.29, 0.717) is 17.5 Å². The predicted octanol–water partition coefficient (Wildman–Crippen LogP) is 0.199. The van der Waals surface area contributed by atoms with E-state index in [0.717, 1.165) is 26.1 Å². The SMILES string of the molecule is O=C(c1cc[nH]c(=O)c1)N1CCCC2CNCC21. The number of carbonyl (C=O) groups excluding carboxylic acids is 1. The maximum absolute atomic E-state index is 12.4. The molecule has 0 radical (unpaired) electrons. The number of nitrogens with zero attached hydrogens (tertiary/aromatic N) is 1. The highest BCUT2D eigenvalue weighted by Gasteiger charge is 2.37. The molecule has 1 aromatic rings. The number of fused-ring (bicyclic) bond motifs is 1. The first kappa shape index (κ1) is 11.5. The lowest BCUT2D eigenvalue weighted by Gasteiger charge is -2.37. The molecule has 2 unspecified atom stereocenters. The van der Waals surface area contributed by atoms with Crippen LogP contribution in [-0.4, -0.2) is 41.5 Å². The van der Waals surface area contributed by atoms with Gasteiger partial charge in [0, 0.05) is 43.5 Å². The van der Waals surface area contributed by atoms with Gasteiger partial charge in [-0.3, -0.25) is 9.59 Å². The Labute approximate surface area is 105 Å². The molecule has 0 saturated carbocycles. The van der Waals surface area contributed by atoms with Gasteiger partial charge in [-0.05, 0) is 24.8 Å². The second-order valence-corrected chi connectivity index (χ2v) is 5.07. The van der Waals surface area contributed by atoms with E-state index in [4.69, 9.17) is 0 Å². The Morgan fingerprint density at radius 3 is 3.11 bits per heavy atom. The average molecular weight is 247 g/mol. The number of piperidine rings is 1. The summed E-state index contributed by atoms with van der Waals surface area (Å²) in [7, 11) is 0. The zero-order chi connectivity index (χ0) is 12.5. The largest absolute Gasteiger partial charge is 0.334 e. The first-order chi connectivity index (χ1) is 8.75. The topological polar surface area (TPSA) is 65.2 Å². The zero-order valence-electron chi connectivity index (χ0n) is 10.2. The summed E-state index contributed by atoms with van der Waals surface area (Å²) in [4.78, 5) is 28.2. The molecule has 2 aliphatic rings. The fourth-order valence-corrected chi connectivity index (χ4v) is 3.06. The van der Waals surface area contributed by atoms with Crippen LogP contribution >= 0.6 is 0 Å². The Morgan fingerprint density at radius 2 is 2.28 bits per heavy atom. The molecule has 96 valence electrons. The number of pyridine rings is 1. The van der Waals surface area contributed by atoms with E-state index in [9.17, 15) is 9.59 Å². The number of nitrogens with one attached hydrogen (secondary N) is 2. The highest BCUT2D eigenvalue weighted by atomic mass is 16.2. The molecule has 0 bridgehead atoms. The Balaban J connectivity index is 1.85. The molecule has 0 aliphatic carbocycles. The second-order valence-electron chi connectivity index (χ2n) is 5.07. The van der Waals surface area contributed by atoms with E-state index in [2.05, 4.69) is 10.3 Å². The van der Waals surface area contributed by atoms with Gasteiger partial charge in [0.15, 0.2) is 0 Å². The minimum atomic E-state index is -0.223. The summed E-state index contributed by atoms with van der Waals surface area (Å²) in [5.41, 5.74) is 0.269. The van der Waals surface area contributed by atoms with Gasteiger partial charge in [0.05, 0.1) is 0 Å². The average Bonchev–Trinajstić information content (AvgIpc) is 2.86. The van der Waals surface area contributed by atoms with Crippen molar-refractivity contribution < 1.29 is 4.79 Å². The highest BCUT2D eigenvalue weighted by molar-refractivity contribution is 5.94. The predicted molar refractivity (Wildman–Crippen MR) is 67.5 cm³/mol. The molecule has 2 saturated heterocycles. The molecule has 2 aliphatic heterocycles. The van der Waals surface area contributed by atoms with Crippen LogP contribution in [0.15, 0.2) is 23.1 Å². The van der Waals surface area contributed by atoms with Gasteiger partial charge in [0.2, 0.25) is 5.56 Å². The van der Waals surface area contributed by atoms with Crippen molar-refractivity contribution in [3.05, 3.63) is 34.2 Å². The van der Waals surface area contributed by atoms with Crippen LogP contribution in [-0.2, 0) is 0 Å². The number of hydrogen-bond donors (Lipinski definition) is 2. The Hall–Kier alpha value is -1.62. The molecule has 5 nitrogen and oxygen atoms in total. The molecule has 2 atom stereocenters. The number of H-pyrrole nitrogens is 1. The monoisotopic (exact) mass is 247 g/mol. The molecule has 3 heterocycles. The first-order valence-electron chi connectivity index (χ1n) is 6.46. The van der Waals surface area contributed by atoms with Crippen LogP contribution in [0.5, 0.6) is 0 Å². The highest BCUT2D eigenvalue weighted by Crippen LogP contribution is 2.27. The Morgan fingerprint density at radius 1 is 1.39 bits per heavy atom. The maximum Gasteiger partial charge on any atom is 0.254 e. The van der Waals surface area contributed by atoms with E-state index in [1.807, 2.05) is 4.90 Å². The zero-order valence-corrected chi connectivity index (χ0v) is 10.2. The molecule has 1 amide bonds. The van der Waals surface area contributed by atoms with E-state index >= 15 is 0 Å². The lowest BCUT2D eigenvalue weighted by molar-refractivity contribution is 0.0574. The van der Waals surface area contributed by atoms with Crippen molar-refractivity contribution in [1.82, 2.24) is 15.2 Å². The van der Waals surface area contributed by atoms with Crippen molar-refractivity contribution in [1.29, 1.82) is 0 Å². The molecule has 0 spiro atoms. The fraction of sp³-hybridized carbons (Fsp3) is 0.538. The third-order valence-corrected chi connectivity index (χ3v) is 3.96. The lowest BCUT2D eigenvalue weighted by Crippen LogP contribution is -2.48. The van der Waals surface area contributed by atoms with Crippen LogP contribution in [0.3, 0.4) is 0 Å². The van der Waals surface area contributed by atoms with Crippen LogP contribution in [0, 0.1) is 5.92 Å². The van der Waals surface area contributed by atoms with Crippen molar-refractivity contribution in [2.45, 2.75) is 18.9 Å². The first-order valence-corrected chi connectivity index (χ1v) is 6.46. The van der Waals surface area contributed by atoms with E-state index in [-0.39, 0.29) is 11.5 Å². The number of rotatable bonds is 1. The fourth-order valence-electron chi connectivity index (χ4n) is 3.06. The van der Waals surface area contributed by atoms with Crippen molar-refractivity contribution in [3.8, 4) is 0 Å². The number of amides is 1. The van der Waals surface area contributed by atoms with Crippen LogP contribution < -0.4 is 10.9 Å². The Kier molecular flexibility index (Phi) is 2.91. The van der Waals surface area contributed by atoms with Gasteiger partial charge in [-0.15, -0.1) is 0 Å². The van der Waals surface area contributed by atoms with E-state index in [1.165, 1.54) is 18.7 Å². The van der Waals surface area contributed by atoms with Crippen LogP contribution in [0.25, 0.3) is 0 Å². The normalized spacial score (nSPS) is 27.0. The summed E-state index contributed by atoms with van der Waals surface area (Å²) in [6, 6.07) is 3.36. The maximum atomic E-state index is 12.4. The number of aromatic nitrogens is 1. The molecule has 0 aromatic carbocycles. The minimum absolute atomic E-state index is 0.0144. The standard InChI is InChI=1S/C13H17N3O2/c17-12-6-9(3-4-15-12)13(18)16-5-1-2-10-7-14-8-11(10)16/h3-4,6,10-11,14H,1-2,5,7-8H2,(H,15,17). The second kappa shape index (κ2) is 4.57. The van der Waals surface area contributed by atoms with E-state index < -0.39 is 0 Å². The van der Waals surface area contributed by atoms with Crippen molar-refractivity contribution in [3.63, 3.8) is 0 Å². The molecular formula is C13H17N3O2. The summed E-state index contributed by atoms with van der Waals surface area (Å²) in [6.45, 7) is 2.68. The molecule has 2 fully saturated rings. The summed E-state index contributed by atoms with van der Waals surface area (Å²) in [5, 5.41) is 3.35. The van der Waals surface area contributed by atoms with Gasteiger partial charge in [-0.2, -0.15) is 0 Å². The van der Waals surface area contributed by atoms with Crippen LogP contribution in [0.4, 0.5) is 0 Å². The molecule has 18 heavy (non-hydrogen) atoms. The van der Waals surface area contributed by atoms with E-state index in [1.54, 1.807) is 6.07 Å². The third kappa shape index (κ3) is 1.95. The summed E-state index contributed by atoms with van der Waals surface area (Å²) in [6.07, 6.45) is 3.78. The van der Waals surface area contributed by atoms with Gasteiger partial charge in [0.25, 0.3) is 5.91 Å². The molecule has 5 heteroatoms. The summed E-state index contributed by atoms with van der Waals surface area (Å²) < 4.78 is 0. The lowest BCUT2D eigenvalue weighted by atomic mass is 9.91. The molecule has 3 rings (SSSR count).